The van der Waals surface area contributed by atoms with E-state index in [0.717, 1.165) is 28.6 Å². The number of nitrogens with zero attached hydrogens (tertiary/aromatic N) is 2. The number of benzene rings is 2. The number of nitrogens with one attached hydrogen (secondary N) is 1. The third-order valence-electron chi connectivity index (χ3n) is 4.74. The maximum atomic E-state index is 13.1. The van der Waals surface area contributed by atoms with Gasteiger partial charge in [0.05, 0.1) is 21.8 Å². The Morgan fingerprint density at radius 3 is 2.53 bits per heavy atom. The smallest absolute Gasteiger partial charge is 0.306 e. The molecule has 1 amide bonds. The minimum Gasteiger partial charge on any atom is -0.306 e. The number of aromatic nitrogens is 2. The highest BCUT2D eigenvalue weighted by Crippen LogP contribution is 2.36. The zero-order valence-electron chi connectivity index (χ0n) is 15.8. The molecule has 6 nitrogen and oxygen atoms in total. The van der Waals surface area contributed by atoms with E-state index in [4.69, 9.17) is 0 Å². The molecule has 0 aliphatic carbocycles. The van der Waals surface area contributed by atoms with Crippen molar-refractivity contribution >= 4 is 33.3 Å². The fourth-order valence-electron chi connectivity index (χ4n) is 3.19. The van der Waals surface area contributed by atoms with E-state index in [0.29, 0.717) is 17.3 Å². The van der Waals surface area contributed by atoms with Gasteiger partial charge in [0, 0.05) is 17.1 Å². The number of hydrogen-bond acceptors (Lipinski definition) is 5. The summed E-state index contributed by atoms with van der Waals surface area (Å²) >= 11 is 1.64. The summed E-state index contributed by atoms with van der Waals surface area (Å²) in [5.74, 6) is -2.68. The van der Waals surface area contributed by atoms with Gasteiger partial charge < -0.3 is 5.32 Å². The number of aryl methyl sites for hydroxylation is 1. The summed E-state index contributed by atoms with van der Waals surface area (Å²) in [6, 6.07) is 12.5. The summed E-state index contributed by atoms with van der Waals surface area (Å²) in [7, 11) is -4.93. The zero-order chi connectivity index (χ0) is 21.5. The van der Waals surface area contributed by atoms with Crippen LogP contribution in [0.5, 0.6) is 0 Å². The Morgan fingerprint density at radius 1 is 1.13 bits per heavy atom. The van der Waals surface area contributed by atoms with Gasteiger partial charge in [0.1, 0.15) is 5.82 Å². The van der Waals surface area contributed by atoms with Gasteiger partial charge in [-0.25, -0.2) is 13.1 Å². The molecule has 0 atom stereocenters. The number of amides is 1. The van der Waals surface area contributed by atoms with E-state index in [1.807, 2.05) is 31.2 Å². The van der Waals surface area contributed by atoms with Gasteiger partial charge in [0.2, 0.25) is 9.84 Å². The molecule has 1 N–H and O–H groups in total. The van der Waals surface area contributed by atoms with Gasteiger partial charge >= 0.3 is 5.76 Å². The number of rotatable bonds is 5. The molecule has 0 fully saturated rings. The maximum absolute atomic E-state index is 13.1. The Kier molecular flexibility index (Phi) is 5.37. The van der Waals surface area contributed by atoms with E-state index in [2.05, 4.69) is 10.4 Å². The molecule has 0 unspecified atom stereocenters. The lowest BCUT2D eigenvalue weighted by Gasteiger charge is -2.13. The molecule has 1 aliphatic rings. The van der Waals surface area contributed by atoms with Gasteiger partial charge in [-0.05, 0) is 31.2 Å². The molecule has 0 saturated carbocycles. The monoisotopic (exact) mass is 449 g/mol. The molecule has 0 bridgehead atoms. The van der Waals surface area contributed by atoms with E-state index in [9.17, 15) is 22.0 Å². The van der Waals surface area contributed by atoms with Crippen molar-refractivity contribution < 1.29 is 22.0 Å². The summed E-state index contributed by atoms with van der Waals surface area (Å²) in [4.78, 5) is 12.3. The average molecular weight is 450 g/mol. The summed E-state index contributed by atoms with van der Waals surface area (Å²) in [6.07, 6.45) is 0. The number of sulfone groups is 1. The largest absolute Gasteiger partial charge is 0.341 e. The summed E-state index contributed by atoms with van der Waals surface area (Å²) in [5, 5.41) is 7.29. The molecule has 1 aliphatic heterocycles. The Balaban J connectivity index is 1.76. The molecule has 0 spiro atoms. The van der Waals surface area contributed by atoms with Crippen molar-refractivity contribution in [2.45, 2.75) is 29.1 Å². The van der Waals surface area contributed by atoms with Gasteiger partial charge in [0.15, 0.2) is 0 Å². The topological polar surface area (TPSA) is 81.1 Å². The third-order valence-corrected chi connectivity index (χ3v) is 7.14. The second kappa shape index (κ2) is 7.84. The molecule has 3 aromatic rings. The molecular formula is C20H17F2N3O3S2. The first kappa shape index (κ1) is 20.5. The van der Waals surface area contributed by atoms with Crippen molar-refractivity contribution in [2.75, 3.05) is 5.32 Å². The first-order chi connectivity index (χ1) is 14.3. The van der Waals surface area contributed by atoms with Gasteiger partial charge in [-0.3, -0.25) is 4.79 Å². The van der Waals surface area contributed by atoms with E-state index < -0.39 is 26.4 Å². The highest BCUT2D eigenvalue weighted by Gasteiger charge is 2.32. The van der Waals surface area contributed by atoms with Crippen LogP contribution in [0.1, 0.15) is 27.2 Å². The van der Waals surface area contributed by atoms with Crippen molar-refractivity contribution in [3.05, 3.63) is 70.9 Å². The Hall–Kier alpha value is -2.72. The van der Waals surface area contributed by atoms with Crippen LogP contribution in [0.2, 0.25) is 0 Å². The summed E-state index contributed by atoms with van der Waals surface area (Å²) in [5.41, 5.74) is 3.11. The fraction of sp³-hybridized carbons (Fsp3) is 0.200. The second-order valence-corrected chi connectivity index (χ2v) is 9.64. The highest BCUT2D eigenvalue weighted by atomic mass is 32.2. The number of anilines is 1. The second-order valence-electron chi connectivity index (χ2n) is 6.77. The third kappa shape index (κ3) is 3.61. The summed E-state index contributed by atoms with van der Waals surface area (Å²) in [6.45, 7) is 1.95. The van der Waals surface area contributed by atoms with Crippen molar-refractivity contribution in [3.8, 4) is 5.69 Å². The van der Waals surface area contributed by atoms with Crippen LogP contribution in [0.3, 0.4) is 0 Å². The molecule has 4 rings (SSSR count). The number of carbonyl (C=O) groups is 1. The standard InChI is InChI=1S/C20H17F2N3O3S2/c1-12-6-8-13(9-7-12)25-18(15-10-29-11-16(15)24-25)23-19(26)14-4-2-3-5-17(14)30(27,28)20(21)22/h2-9,20H,10-11H2,1H3,(H,23,26). The molecule has 1 aromatic heterocycles. The summed E-state index contributed by atoms with van der Waals surface area (Å²) < 4.78 is 51.8. The molecule has 0 radical (unpaired) electrons. The van der Waals surface area contributed by atoms with Crippen LogP contribution in [0.15, 0.2) is 53.4 Å². The molecule has 2 aromatic carbocycles. The Bertz CT molecular complexity index is 1220. The van der Waals surface area contributed by atoms with Gasteiger partial charge in [0.25, 0.3) is 5.91 Å². The van der Waals surface area contributed by atoms with Gasteiger partial charge in [-0.15, -0.1) is 0 Å². The molecular weight excluding hydrogens is 432 g/mol. The molecule has 156 valence electrons. The maximum Gasteiger partial charge on any atom is 0.341 e. The average Bonchev–Trinajstić information content (AvgIpc) is 3.31. The van der Waals surface area contributed by atoms with Crippen molar-refractivity contribution in [1.82, 2.24) is 9.78 Å². The van der Waals surface area contributed by atoms with Crippen LogP contribution < -0.4 is 5.32 Å². The lowest BCUT2D eigenvalue weighted by Crippen LogP contribution is -2.21. The fourth-order valence-corrected chi connectivity index (χ4v) is 5.15. The van der Waals surface area contributed by atoms with E-state index in [1.165, 1.54) is 18.2 Å². The minimum absolute atomic E-state index is 0.339. The highest BCUT2D eigenvalue weighted by molar-refractivity contribution is 7.98. The lowest BCUT2D eigenvalue weighted by molar-refractivity contribution is 0.102. The van der Waals surface area contributed by atoms with Crippen LogP contribution in [0, 0.1) is 6.92 Å². The van der Waals surface area contributed by atoms with Crippen molar-refractivity contribution in [3.63, 3.8) is 0 Å². The van der Waals surface area contributed by atoms with Crippen molar-refractivity contribution in [1.29, 1.82) is 0 Å². The van der Waals surface area contributed by atoms with Crippen LogP contribution in [0.25, 0.3) is 5.69 Å². The number of hydrogen-bond donors (Lipinski definition) is 1. The quantitative estimate of drug-likeness (QED) is 0.632. The van der Waals surface area contributed by atoms with E-state index in [-0.39, 0.29) is 5.56 Å². The Labute approximate surface area is 176 Å². The van der Waals surface area contributed by atoms with E-state index in [1.54, 1.807) is 16.4 Å². The molecule has 30 heavy (non-hydrogen) atoms. The zero-order valence-corrected chi connectivity index (χ0v) is 17.4. The lowest BCUT2D eigenvalue weighted by atomic mass is 10.2. The number of halogens is 2. The molecule has 0 saturated heterocycles. The van der Waals surface area contributed by atoms with Gasteiger partial charge in [-0.2, -0.15) is 25.6 Å². The number of alkyl halides is 2. The first-order valence-electron chi connectivity index (χ1n) is 8.97. The number of fused-ring (bicyclic) bond motifs is 1. The predicted molar refractivity (Wildman–Crippen MR) is 111 cm³/mol. The predicted octanol–water partition coefficient (Wildman–Crippen LogP) is 4.18. The number of carbonyl (C=O) groups excluding carboxylic acids is 1. The normalized spacial score (nSPS) is 13.5. The van der Waals surface area contributed by atoms with Crippen LogP contribution in [-0.4, -0.2) is 29.9 Å². The molecule has 2 heterocycles. The van der Waals surface area contributed by atoms with Crippen molar-refractivity contribution in [2.24, 2.45) is 0 Å². The van der Waals surface area contributed by atoms with Crippen LogP contribution in [-0.2, 0) is 21.3 Å². The molecule has 10 heteroatoms. The van der Waals surface area contributed by atoms with Crippen LogP contribution >= 0.6 is 11.8 Å². The Morgan fingerprint density at radius 2 is 1.83 bits per heavy atom. The van der Waals surface area contributed by atoms with Gasteiger partial charge in [-0.1, -0.05) is 29.8 Å². The minimum atomic E-state index is -4.93. The van der Waals surface area contributed by atoms with Crippen LogP contribution in [0.4, 0.5) is 14.6 Å². The van der Waals surface area contributed by atoms with E-state index >= 15 is 0 Å². The number of thioether (sulfide) groups is 1. The first-order valence-corrected chi connectivity index (χ1v) is 11.7. The SMILES string of the molecule is Cc1ccc(-n2nc3c(c2NC(=O)c2ccccc2S(=O)(=O)C(F)F)CSC3)cc1.